The highest BCUT2D eigenvalue weighted by molar-refractivity contribution is 9.10. The summed E-state index contributed by atoms with van der Waals surface area (Å²) in [5.41, 5.74) is 1.86. The monoisotopic (exact) mass is 366 g/mol. The number of fused-ring (bicyclic) bond motifs is 1. The number of nitrogens with one attached hydrogen (secondary N) is 2. The van der Waals surface area contributed by atoms with E-state index in [9.17, 15) is 4.79 Å². The number of carbonyl (C=O) groups excluding carboxylic acids is 1. The van der Waals surface area contributed by atoms with Gasteiger partial charge in [0.05, 0.1) is 22.0 Å². The van der Waals surface area contributed by atoms with Crippen LogP contribution in [-0.4, -0.2) is 19.1 Å². The van der Waals surface area contributed by atoms with Crippen molar-refractivity contribution < 1.29 is 9.53 Å². The fraction of sp³-hybridized carbons (Fsp3) is 0.133. The first-order valence-electron chi connectivity index (χ1n) is 6.41. The van der Waals surface area contributed by atoms with Crippen LogP contribution in [0.25, 0.3) is 0 Å². The number of anilines is 2. The molecule has 2 aromatic carbocycles. The van der Waals surface area contributed by atoms with Gasteiger partial charge in [0.25, 0.3) is 5.91 Å². The van der Waals surface area contributed by atoms with E-state index in [1.54, 1.807) is 18.2 Å². The van der Waals surface area contributed by atoms with Crippen molar-refractivity contribution in [1.82, 2.24) is 0 Å². The minimum absolute atomic E-state index is 0.254. The first kappa shape index (κ1) is 14.2. The van der Waals surface area contributed by atoms with Crippen molar-refractivity contribution in [2.45, 2.75) is 0 Å². The Morgan fingerprint density at radius 2 is 2.19 bits per heavy atom. The number of halogens is 2. The molecule has 21 heavy (non-hydrogen) atoms. The molecule has 0 bridgehead atoms. The van der Waals surface area contributed by atoms with Gasteiger partial charge < -0.3 is 15.4 Å². The normalized spacial score (nSPS) is 12.9. The van der Waals surface area contributed by atoms with Crippen molar-refractivity contribution >= 4 is 44.8 Å². The second-order valence-electron chi connectivity index (χ2n) is 4.54. The molecular weight excluding hydrogens is 356 g/mol. The van der Waals surface area contributed by atoms with Crippen molar-refractivity contribution in [1.29, 1.82) is 0 Å². The lowest BCUT2D eigenvalue weighted by Gasteiger charge is -2.21. The molecule has 2 aromatic rings. The van der Waals surface area contributed by atoms with Gasteiger partial charge in [-0.25, -0.2) is 0 Å². The highest BCUT2D eigenvalue weighted by Crippen LogP contribution is 2.32. The minimum Gasteiger partial charge on any atom is -0.489 e. The Kier molecular flexibility index (Phi) is 4.03. The molecule has 1 heterocycles. The molecule has 0 radical (unpaired) electrons. The van der Waals surface area contributed by atoms with E-state index in [1.807, 2.05) is 18.2 Å². The van der Waals surface area contributed by atoms with Crippen LogP contribution in [-0.2, 0) is 0 Å². The molecule has 6 heteroatoms. The molecular formula is C15H12BrClN2O2. The molecule has 4 nitrogen and oxygen atoms in total. The van der Waals surface area contributed by atoms with Crippen molar-refractivity contribution in [2.24, 2.45) is 0 Å². The predicted molar refractivity (Wildman–Crippen MR) is 87.5 cm³/mol. The van der Waals surface area contributed by atoms with Crippen LogP contribution in [0.15, 0.2) is 40.9 Å². The highest BCUT2D eigenvalue weighted by atomic mass is 79.9. The second kappa shape index (κ2) is 5.95. The van der Waals surface area contributed by atoms with Crippen LogP contribution in [0.5, 0.6) is 5.75 Å². The summed E-state index contributed by atoms with van der Waals surface area (Å²) in [7, 11) is 0. The molecule has 1 aliphatic rings. The van der Waals surface area contributed by atoms with E-state index in [0.29, 0.717) is 28.6 Å². The maximum atomic E-state index is 12.5. The SMILES string of the molecule is O=C(Nc1cc(Br)ccc1Cl)c1cccc2c1OCCN2. The summed E-state index contributed by atoms with van der Waals surface area (Å²) in [5, 5.41) is 6.49. The van der Waals surface area contributed by atoms with Crippen LogP contribution in [0.2, 0.25) is 5.02 Å². The van der Waals surface area contributed by atoms with Crippen LogP contribution in [0.1, 0.15) is 10.4 Å². The third-order valence-corrected chi connectivity index (χ3v) is 3.92. The quantitative estimate of drug-likeness (QED) is 0.838. The molecule has 1 aliphatic heterocycles. The van der Waals surface area contributed by atoms with E-state index in [2.05, 4.69) is 26.6 Å². The summed E-state index contributed by atoms with van der Waals surface area (Å²) in [6.45, 7) is 1.27. The first-order valence-corrected chi connectivity index (χ1v) is 7.58. The fourth-order valence-electron chi connectivity index (χ4n) is 2.13. The minimum atomic E-state index is -0.254. The fourth-order valence-corrected chi connectivity index (χ4v) is 2.66. The molecule has 0 aromatic heterocycles. The van der Waals surface area contributed by atoms with Crippen molar-refractivity contribution in [3.8, 4) is 5.75 Å². The summed E-state index contributed by atoms with van der Waals surface area (Å²) >= 11 is 9.45. The van der Waals surface area contributed by atoms with Gasteiger partial charge in [0.1, 0.15) is 6.61 Å². The van der Waals surface area contributed by atoms with Gasteiger partial charge in [-0.1, -0.05) is 33.6 Å². The zero-order chi connectivity index (χ0) is 14.8. The average molecular weight is 368 g/mol. The Hall–Kier alpha value is -1.72. The average Bonchev–Trinajstić information content (AvgIpc) is 2.50. The molecule has 3 rings (SSSR count). The Labute approximate surface area is 135 Å². The van der Waals surface area contributed by atoms with E-state index in [1.165, 1.54) is 0 Å². The standard InChI is InChI=1S/C15H12BrClN2O2/c16-9-4-5-11(17)13(8-9)19-15(20)10-2-1-3-12-14(10)21-7-6-18-12/h1-5,8,18H,6-7H2,(H,19,20). The number of para-hydroxylation sites is 1. The van der Waals surface area contributed by atoms with Gasteiger partial charge in [-0.2, -0.15) is 0 Å². The predicted octanol–water partition coefficient (Wildman–Crippen LogP) is 4.16. The van der Waals surface area contributed by atoms with E-state index in [0.717, 1.165) is 16.7 Å². The van der Waals surface area contributed by atoms with E-state index in [4.69, 9.17) is 16.3 Å². The number of benzene rings is 2. The Morgan fingerprint density at radius 3 is 3.05 bits per heavy atom. The molecule has 0 saturated carbocycles. The Morgan fingerprint density at radius 1 is 1.33 bits per heavy atom. The van der Waals surface area contributed by atoms with Crippen LogP contribution in [0, 0.1) is 0 Å². The van der Waals surface area contributed by atoms with E-state index in [-0.39, 0.29) is 5.91 Å². The zero-order valence-corrected chi connectivity index (χ0v) is 13.3. The third kappa shape index (κ3) is 2.99. The van der Waals surface area contributed by atoms with E-state index < -0.39 is 0 Å². The maximum Gasteiger partial charge on any atom is 0.259 e. The van der Waals surface area contributed by atoms with Gasteiger partial charge in [0, 0.05) is 11.0 Å². The Balaban J connectivity index is 1.91. The number of rotatable bonds is 2. The largest absolute Gasteiger partial charge is 0.489 e. The highest BCUT2D eigenvalue weighted by Gasteiger charge is 2.19. The zero-order valence-electron chi connectivity index (χ0n) is 11.0. The molecule has 0 aliphatic carbocycles. The molecule has 108 valence electrons. The smallest absolute Gasteiger partial charge is 0.259 e. The molecule has 0 atom stereocenters. The van der Waals surface area contributed by atoms with E-state index >= 15 is 0 Å². The number of carbonyl (C=O) groups is 1. The lowest BCUT2D eigenvalue weighted by Crippen LogP contribution is -2.22. The summed E-state index contributed by atoms with van der Waals surface area (Å²) in [6.07, 6.45) is 0. The molecule has 1 amide bonds. The Bertz CT molecular complexity index is 706. The van der Waals surface area contributed by atoms with Crippen LogP contribution in [0.4, 0.5) is 11.4 Å². The number of ether oxygens (including phenoxy) is 1. The summed E-state index contributed by atoms with van der Waals surface area (Å²) in [6, 6.07) is 10.7. The third-order valence-electron chi connectivity index (χ3n) is 3.10. The van der Waals surface area contributed by atoms with Gasteiger partial charge in [-0.05, 0) is 30.3 Å². The molecule has 0 spiro atoms. The molecule has 0 saturated heterocycles. The van der Waals surface area contributed by atoms with Crippen molar-refractivity contribution in [3.05, 3.63) is 51.5 Å². The first-order chi connectivity index (χ1) is 10.1. The maximum absolute atomic E-state index is 12.5. The van der Waals surface area contributed by atoms with Crippen LogP contribution >= 0.6 is 27.5 Å². The summed E-state index contributed by atoms with van der Waals surface area (Å²) in [4.78, 5) is 12.5. The number of hydrogen-bond acceptors (Lipinski definition) is 3. The van der Waals surface area contributed by atoms with Crippen molar-refractivity contribution in [2.75, 3.05) is 23.8 Å². The second-order valence-corrected chi connectivity index (χ2v) is 5.86. The topological polar surface area (TPSA) is 50.4 Å². The summed E-state index contributed by atoms with van der Waals surface area (Å²) in [5.74, 6) is 0.322. The van der Waals surface area contributed by atoms with Crippen LogP contribution < -0.4 is 15.4 Å². The molecule has 0 fully saturated rings. The van der Waals surface area contributed by atoms with Gasteiger partial charge in [0.15, 0.2) is 5.75 Å². The van der Waals surface area contributed by atoms with Gasteiger partial charge in [0.2, 0.25) is 0 Å². The van der Waals surface area contributed by atoms with Crippen LogP contribution in [0.3, 0.4) is 0 Å². The summed E-state index contributed by atoms with van der Waals surface area (Å²) < 4.78 is 6.44. The lowest BCUT2D eigenvalue weighted by atomic mass is 10.1. The lowest BCUT2D eigenvalue weighted by molar-refractivity contribution is 0.102. The number of amides is 1. The van der Waals surface area contributed by atoms with Gasteiger partial charge >= 0.3 is 0 Å². The van der Waals surface area contributed by atoms with Crippen molar-refractivity contribution in [3.63, 3.8) is 0 Å². The number of hydrogen-bond donors (Lipinski definition) is 2. The molecule has 2 N–H and O–H groups in total. The van der Waals surface area contributed by atoms with Gasteiger partial charge in [-0.15, -0.1) is 0 Å². The molecule has 0 unspecified atom stereocenters. The van der Waals surface area contributed by atoms with Gasteiger partial charge in [-0.3, -0.25) is 4.79 Å².